The van der Waals surface area contributed by atoms with Crippen LogP contribution in [0.25, 0.3) is 0 Å². The van der Waals surface area contributed by atoms with Gasteiger partial charge < -0.3 is 4.74 Å². The van der Waals surface area contributed by atoms with Gasteiger partial charge in [0.25, 0.3) is 0 Å². The molecule has 2 rings (SSSR count). The van der Waals surface area contributed by atoms with E-state index >= 15 is 0 Å². The first kappa shape index (κ1) is 13.8. The van der Waals surface area contributed by atoms with Crippen LogP contribution in [0.2, 0.25) is 0 Å². The summed E-state index contributed by atoms with van der Waals surface area (Å²) in [5.74, 6) is -0.0913. The van der Waals surface area contributed by atoms with E-state index in [0.29, 0.717) is 6.07 Å². The Hall–Kier alpha value is -2.64. The highest BCUT2D eigenvalue weighted by atomic mass is 19.4. The summed E-state index contributed by atoms with van der Waals surface area (Å²) in [4.78, 5) is 13.6. The molecule has 0 aliphatic heterocycles. The van der Waals surface area contributed by atoms with Crippen LogP contribution in [0.3, 0.4) is 0 Å². The molecule has 5 nitrogen and oxygen atoms in total. The summed E-state index contributed by atoms with van der Waals surface area (Å²) in [5, 5.41) is 10.8. The van der Waals surface area contributed by atoms with E-state index in [2.05, 4.69) is 4.98 Å². The molecule has 0 saturated heterocycles. The summed E-state index contributed by atoms with van der Waals surface area (Å²) in [6, 6.07) is 5.08. The lowest BCUT2D eigenvalue weighted by molar-refractivity contribution is -0.385. The zero-order valence-corrected chi connectivity index (χ0v) is 9.79. The zero-order valence-electron chi connectivity index (χ0n) is 9.79. The Bertz CT molecular complexity index is 630. The molecule has 0 fully saturated rings. The van der Waals surface area contributed by atoms with Crippen molar-refractivity contribution < 1.29 is 22.8 Å². The minimum Gasteiger partial charge on any atom is -0.449 e. The Balaban J connectivity index is 2.41. The van der Waals surface area contributed by atoms with Crippen LogP contribution in [0.1, 0.15) is 5.56 Å². The number of nitro groups is 1. The topological polar surface area (TPSA) is 65.3 Å². The van der Waals surface area contributed by atoms with Crippen molar-refractivity contribution in [1.82, 2.24) is 4.98 Å². The largest absolute Gasteiger partial charge is 0.449 e. The Morgan fingerprint density at radius 2 is 2.00 bits per heavy atom. The van der Waals surface area contributed by atoms with Gasteiger partial charge in [0.1, 0.15) is 5.75 Å². The van der Waals surface area contributed by atoms with Crippen molar-refractivity contribution in [2.75, 3.05) is 0 Å². The quantitative estimate of drug-likeness (QED) is 0.635. The van der Waals surface area contributed by atoms with E-state index in [0.717, 1.165) is 12.1 Å². The van der Waals surface area contributed by atoms with Crippen LogP contribution in [-0.2, 0) is 6.18 Å². The van der Waals surface area contributed by atoms with Crippen molar-refractivity contribution in [3.63, 3.8) is 0 Å². The van der Waals surface area contributed by atoms with Crippen LogP contribution in [-0.4, -0.2) is 9.91 Å². The molecule has 0 unspecified atom stereocenters. The molecule has 0 saturated carbocycles. The number of pyridine rings is 1. The SMILES string of the molecule is O=[N+]([O-])c1cc(C(F)(F)F)ccc1Oc1cccnc1. The van der Waals surface area contributed by atoms with E-state index < -0.39 is 22.4 Å². The van der Waals surface area contributed by atoms with Crippen LogP contribution >= 0.6 is 0 Å². The van der Waals surface area contributed by atoms with Gasteiger partial charge in [0.2, 0.25) is 5.75 Å². The maximum atomic E-state index is 12.5. The van der Waals surface area contributed by atoms with E-state index in [1.807, 2.05) is 0 Å². The molecule has 0 bridgehead atoms. The van der Waals surface area contributed by atoms with Gasteiger partial charge in [0.05, 0.1) is 16.7 Å². The lowest BCUT2D eigenvalue weighted by Gasteiger charge is -2.09. The number of ether oxygens (including phenoxy) is 1. The highest BCUT2D eigenvalue weighted by Crippen LogP contribution is 2.37. The summed E-state index contributed by atoms with van der Waals surface area (Å²) >= 11 is 0. The smallest absolute Gasteiger partial charge is 0.416 e. The fourth-order valence-electron chi connectivity index (χ4n) is 1.46. The maximum Gasteiger partial charge on any atom is 0.416 e. The van der Waals surface area contributed by atoms with Crippen molar-refractivity contribution in [3.05, 3.63) is 58.4 Å². The Kier molecular flexibility index (Phi) is 3.55. The molecule has 8 heteroatoms. The number of alkyl halides is 3. The Morgan fingerprint density at radius 1 is 1.25 bits per heavy atom. The zero-order chi connectivity index (χ0) is 14.8. The molecule has 0 N–H and O–H groups in total. The van der Waals surface area contributed by atoms with Crippen LogP contribution in [0.5, 0.6) is 11.5 Å². The third-order valence-corrected chi connectivity index (χ3v) is 2.35. The number of aromatic nitrogens is 1. The van der Waals surface area contributed by atoms with Gasteiger partial charge in [-0.2, -0.15) is 13.2 Å². The molecule has 0 radical (unpaired) electrons. The normalized spacial score (nSPS) is 11.2. The highest BCUT2D eigenvalue weighted by Gasteiger charge is 2.33. The van der Waals surface area contributed by atoms with Gasteiger partial charge in [0, 0.05) is 12.3 Å². The average molecular weight is 284 g/mol. The van der Waals surface area contributed by atoms with E-state index in [1.54, 1.807) is 0 Å². The number of hydrogen-bond acceptors (Lipinski definition) is 4. The molecule has 1 aromatic heterocycles. The van der Waals surface area contributed by atoms with Crippen molar-refractivity contribution in [1.29, 1.82) is 0 Å². The minimum absolute atomic E-state index is 0.190. The number of benzene rings is 1. The lowest BCUT2D eigenvalue weighted by atomic mass is 10.2. The molecule has 0 atom stereocenters. The van der Waals surface area contributed by atoms with E-state index in [4.69, 9.17) is 4.74 Å². The molecule has 0 spiro atoms. The summed E-state index contributed by atoms with van der Waals surface area (Å²) in [6.07, 6.45) is -1.90. The van der Waals surface area contributed by atoms with E-state index in [9.17, 15) is 23.3 Å². The molecular formula is C12H7F3N2O3. The molecule has 0 amide bonds. The van der Waals surface area contributed by atoms with Crippen LogP contribution < -0.4 is 4.74 Å². The fourth-order valence-corrected chi connectivity index (χ4v) is 1.46. The summed E-state index contributed by atoms with van der Waals surface area (Å²) < 4.78 is 42.7. The fraction of sp³-hybridized carbons (Fsp3) is 0.0833. The van der Waals surface area contributed by atoms with Crippen molar-refractivity contribution in [2.45, 2.75) is 6.18 Å². The molecule has 1 aromatic carbocycles. The standard InChI is InChI=1S/C12H7F3N2O3/c13-12(14,15)8-3-4-11(10(6-8)17(18)19)20-9-2-1-5-16-7-9/h1-7H. The maximum absolute atomic E-state index is 12.5. The van der Waals surface area contributed by atoms with Crippen molar-refractivity contribution >= 4 is 5.69 Å². The molecule has 20 heavy (non-hydrogen) atoms. The molecular weight excluding hydrogens is 277 g/mol. The summed E-state index contributed by atoms with van der Waals surface area (Å²) in [6.45, 7) is 0. The molecule has 1 heterocycles. The Labute approximate surface area is 110 Å². The number of hydrogen-bond donors (Lipinski definition) is 0. The summed E-state index contributed by atoms with van der Waals surface area (Å²) in [7, 11) is 0. The Morgan fingerprint density at radius 3 is 2.55 bits per heavy atom. The van der Waals surface area contributed by atoms with Crippen LogP contribution in [0.4, 0.5) is 18.9 Å². The molecule has 0 aliphatic carbocycles. The number of halogens is 3. The first-order chi connectivity index (χ1) is 9.38. The van der Waals surface area contributed by atoms with Gasteiger partial charge in [-0.1, -0.05) is 0 Å². The highest BCUT2D eigenvalue weighted by molar-refractivity contribution is 5.51. The monoisotopic (exact) mass is 284 g/mol. The molecule has 0 aliphatic rings. The molecule has 104 valence electrons. The first-order valence-corrected chi connectivity index (χ1v) is 5.31. The van der Waals surface area contributed by atoms with Gasteiger partial charge in [-0.25, -0.2) is 0 Å². The molecule has 2 aromatic rings. The third kappa shape index (κ3) is 3.02. The van der Waals surface area contributed by atoms with Gasteiger partial charge >= 0.3 is 11.9 Å². The first-order valence-electron chi connectivity index (χ1n) is 5.31. The number of nitrogens with zero attached hydrogens (tertiary/aromatic N) is 2. The predicted octanol–water partition coefficient (Wildman–Crippen LogP) is 3.80. The average Bonchev–Trinajstić information content (AvgIpc) is 2.38. The number of nitro benzene ring substituents is 1. The second kappa shape index (κ2) is 5.16. The van der Waals surface area contributed by atoms with Crippen LogP contribution in [0, 0.1) is 10.1 Å². The second-order valence-electron chi connectivity index (χ2n) is 3.73. The van der Waals surface area contributed by atoms with Crippen LogP contribution in [0.15, 0.2) is 42.7 Å². The third-order valence-electron chi connectivity index (χ3n) is 2.35. The van der Waals surface area contributed by atoms with Gasteiger partial charge in [0.15, 0.2) is 0 Å². The van der Waals surface area contributed by atoms with Crippen molar-refractivity contribution in [2.24, 2.45) is 0 Å². The summed E-state index contributed by atoms with van der Waals surface area (Å²) in [5.41, 5.74) is -1.87. The predicted molar refractivity (Wildman–Crippen MR) is 62.4 cm³/mol. The van der Waals surface area contributed by atoms with E-state index in [-0.39, 0.29) is 11.5 Å². The van der Waals surface area contributed by atoms with Gasteiger partial charge in [-0.3, -0.25) is 15.1 Å². The van der Waals surface area contributed by atoms with Gasteiger partial charge in [-0.05, 0) is 24.3 Å². The number of rotatable bonds is 3. The second-order valence-corrected chi connectivity index (χ2v) is 3.73. The minimum atomic E-state index is -4.66. The van der Waals surface area contributed by atoms with Gasteiger partial charge in [-0.15, -0.1) is 0 Å². The lowest BCUT2D eigenvalue weighted by Crippen LogP contribution is -2.06. The van der Waals surface area contributed by atoms with Crippen molar-refractivity contribution in [3.8, 4) is 11.5 Å². The van der Waals surface area contributed by atoms with E-state index in [1.165, 1.54) is 24.5 Å².